The molecule has 0 fully saturated rings. The number of anilines is 1. The summed E-state index contributed by atoms with van der Waals surface area (Å²) in [5.74, 6) is 0.794. The number of rotatable bonds is 24. The first-order valence-corrected chi connectivity index (χ1v) is 20.4. The van der Waals surface area contributed by atoms with Crippen LogP contribution in [0.2, 0.25) is 10.0 Å². The Morgan fingerprint density at radius 2 is 1.25 bits per heavy atom. The first kappa shape index (κ1) is 45.6. The molecular formula is C46H52Cl2N4O8. The number of pyridine rings is 1. The lowest BCUT2D eigenvalue weighted by Gasteiger charge is -2.19. The highest BCUT2D eigenvalue weighted by Gasteiger charge is 2.17. The first-order chi connectivity index (χ1) is 29.0. The minimum absolute atomic E-state index is 0.0826. The lowest BCUT2D eigenvalue weighted by molar-refractivity contribution is -0.138. The lowest BCUT2D eigenvalue weighted by Crippen LogP contribution is -2.16. The van der Waals surface area contributed by atoms with Crippen LogP contribution in [0.3, 0.4) is 0 Å². The Hall–Kier alpha value is -5.53. The van der Waals surface area contributed by atoms with E-state index in [1.54, 1.807) is 25.6 Å². The van der Waals surface area contributed by atoms with Crippen LogP contribution in [0.15, 0.2) is 79.1 Å². The van der Waals surface area contributed by atoms with Crippen molar-refractivity contribution in [2.45, 2.75) is 72.4 Å². The zero-order valence-corrected chi connectivity index (χ0v) is 35.8. The molecule has 0 atom stereocenters. The van der Waals surface area contributed by atoms with Gasteiger partial charge in [0.25, 0.3) is 0 Å². The number of nitrogens with zero attached hydrogens (tertiary/aromatic N) is 1. The predicted molar refractivity (Wildman–Crippen MR) is 235 cm³/mol. The van der Waals surface area contributed by atoms with Gasteiger partial charge in [0, 0.05) is 78.7 Å². The molecule has 0 amide bonds. The van der Waals surface area contributed by atoms with Crippen LogP contribution in [0.1, 0.15) is 64.6 Å². The maximum atomic E-state index is 11.0. The summed E-state index contributed by atoms with van der Waals surface area (Å²) in [7, 11) is 3.44. The molecule has 0 unspecified atom stereocenters. The molecule has 0 saturated heterocycles. The van der Waals surface area contributed by atoms with E-state index in [0.29, 0.717) is 66.3 Å². The van der Waals surface area contributed by atoms with Crippen LogP contribution in [0, 0.1) is 13.8 Å². The molecule has 5 aromatic rings. The largest absolute Gasteiger partial charge is 0.496 e. The van der Waals surface area contributed by atoms with Gasteiger partial charge in [0.2, 0.25) is 0 Å². The molecule has 0 bridgehead atoms. The van der Waals surface area contributed by atoms with Crippen molar-refractivity contribution >= 4 is 40.8 Å². The van der Waals surface area contributed by atoms with Crippen molar-refractivity contribution in [3.63, 3.8) is 0 Å². The third-order valence-corrected chi connectivity index (χ3v) is 10.6. The van der Waals surface area contributed by atoms with E-state index in [2.05, 4.69) is 40.0 Å². The molecular weight excluding hydrogens is 807 g/mol. The Morgan fingerprint density at radius 3 is 1.92 bits per heavy atom. The van der Waals surface area contributed by atoms with Gasteiger partial charge in [0.1, 0.15) is 42.8 Å². The molecule has 0 saturated carbocycles. The van der Waals surface area contributed by atoms with E-state index in [1.165, 1.54) is 0 Å². The van der Waals surface area contributed by atoms with Crippen molar-refractivity contribution < 1.29 is 38.7 Å². The van der Waals surface area contributed by atoms with Gasteiger partial charge in [-0.25, -0.2) is 0 Å². The molecule has 60 heavy (non-hydrogen) atoms. The van der Waals surface area contributed by atoms with Gasteiger partial charge in [-0.05, 0) is 97.9 Å². The van der Waals surface area contributed by atoms with E-state index in [9.17, 15) is 9.59 Å². The van der Waals surface area contributed by atoms with E-state index in [4.69, 9.17) is 52.4 Å². The number of aliphatic carboxylic acids is 2. The molecule has 14 heteroatoms. The minimum Gasteiger partial charge on any atom is -0.496 e. The molecule has 4 aromatic carbocycles. The summed E-state index contributed by atoms with van der Waals surface area (Å²) in [5.41, 5.74) is 9.26. The van der Waals surface area contributed by atoms with Crippen molar-refractivity contribution in [2.75, 3.05) is 32.6 Å². The third kappa shape index (κ3) is 13.0. The summed E-state index contributed by atoms with van der Waals surface area (Å²) in [6.45, 7) is 6.85. The maximum Gasteiger partial charge on any atom is 0.303 e. The Morgan fingerprint density at radius 1 is 0.650 bits per heavy atom. The number of ether oxygens (including phenoxy) is 4. The molecule has 1 heterocycles. The third-order valence-electron chi connectivity index (χ3n) is 9.95. The van der Waals surface area contributed by atoms with E-state index >= 15 is 0 Å². The molecule has 0 radical (unpaired) electrons. The van der Waals surface area contributed by atoms with Crippen LogP contribution in [0.4, 0.5) is 5.69 Å². The van der Waals surface area contributed by atoms with Gasteiger partial charge in [-0.1, -0.05) is 53.5 Å². The molecule has 5 rings (SSSR count). The quantitative estimate of drug-likeness (QED) is 0.0375. The summed E-state index contributed by atoms with van der Waals surface area (Å²) in [4.78, 5) is 26.1. The second-order valence-electron chi connectivity index (χ2n) is 14.2. The number of benzene rings is 4. The van der Waals surface area contributed by atoms with Crippen LogP contribution >= 0.6 is 23.2 Å². The van der Waals surface area contributed by atoms with Crippen LogP contribution in [0.25, 0.3) is 11.1 Å². The molecule has 12 nitrogen and oxygen atoms in total. The highest BCUT2D eigenvalue weighted by atomic mass is 35.5. The van der Waals surface area contributed by atoms with Crippen molar-refractivity contribution in [2.24, 2.45) is 0 Å². The number of hydrogen-bond acceptors (Lipinski definition) is 10. The van der Waals surface area contributed by atoms with E-state index in [0.717, 1.165) is 61.5 Å². The van der Waals surface area contributed by atoms with Gasteiger partial charge >= 0.3 is 11.9 Å². The molecule has 1 aromatic heterocycles. The maximum absolute atomic E-state index is 11.0. The number of aromatic nitrogens is 1. The van der Waals surface area contributed by atoms with Gasteiger partial charge in [0.05, 0.1) is 17.8 Å². The smallest absolute Gasteiger partial charge is 0.303 e. The SMILES string of the molecule is CNc1cncc(COc2cc(OCc3cccc(-c4cccc(OCc5cc(OC)c(CNCCCC(=O)O)cc5Cl)c4C)c3C)c(Cl)cc2CNCCCC(=O)O)c1. The molecule has 0 aliphatic carbocycles. The van der Waals surface area contributed by atoms with Gasteiger partial charge in [-0.2, -0.15) is 0 Å². The van der Waals surface area contributed by atoms with E-state index in [-0.39, 0.29) is 32.7 Å². The van der Waals surface area contributed by atoms with Crippen molar-refractivity contribution in [1.29, 1.82) is 0 Å². The summed E-state index contributed by atoms with van der Waals surface area (Å²) in [6, 6.07) is 21.4. The number of methoxy groups -OCH3 is 1. The fourth-order valence-corrected chi connectivity index (χ4v) is 7.06. The second kappa shape index (κ2) is 22.7. The Balaban J connectivity index is 1.29. The predicted octanol–water partition coefficient (Wildman–Crippen LogP) is 9.37. The lowest BCUT2D eigenvalue weighted by atomic mass is 9.93. The standard InChI is InChI=1S/C46H52Cl2N4O8/c1-29-32(27-60-44-21-43(58-26-31-17-36(49-3)25-52-22-31)34(19-40(44)48)24-51-16-8-14-46(55)56)9-5-10-37(29)38-11-6-12-41(30(38)2)59-28-35-20-42(57-4)33(18-39(35)47)23-50-15-7-13-45(53)54/h5-6,9-12,17-22,25,49-51H,7-8,13-16,23-24,26-28H2,1-4H3,(H,53,54)(H,55,56). The monoisotopic (exact) mass is 858 g/mol. The van der Waals surface area contributed by atoms with Crippen LogP contribution in [-0.4, -0.2) is 54.4 Å². The Kier molecular flexibility index (Phi) is 17.3. The molecule has 318 valence electrons. The Labute approximate surface area is 361 Å². The average Bonchev–Trinajstić information content (AvgIpc) is 3.23. The number of nitrogens with one attached hydrogen (secondary N) is 3. The molecule has 5 N–H and O–H groups in total. The highest BCUT2D eigenvalue weighted by Crippen LogP contribution is 2.37. The number of carbonyl (C=O) groups is 2. The van der Waals surface area contributed by atoms with E-state index < -0.39 is 11.9 Å². The minimum atomic E-state index is -0.832. The van der Waals surface area contributed by atoms with Crippen molar-refractivity contribution in [3.05, 3.63) is 128 Å². The van der Waals surface area contributed by atoms with Gasteiger partial charge in [-0.15, -0.1) is 0 Å². The van der Waals surface area contributed by atoms with Crippen molar-refractivity contribution in [3.8, 4) is 34.1 Å². The second-order valence-corrected chi connectivity index (χ2v) is 15.0. The normalized spacial score (nSPS) is 11.0. The first-order valence-electron chi connectivity index (χ1n) is 19.7. The van der Waals surface area contributed by atoms with Gasteiger partial charge < -0.3 is 45.1 Å². The average molecular weight is 860 g/mol. The Bertz CT molecular complexity index is 2250. The molecule has 0 aliphatic rings. The highest BCUT2D eigenvalue weighted by molar-refractivity contribution is 6.32. The number of carboxylic acid groups (broad SMARTS) is 2. The zero-order chi connectivity index (χ0) is 43.0. The number of hydrogen-bond donors (Lipinski definition) is 5. The summed E-state index contributed by atoms with van der Waals surface area (Å²) >= 11 is 13.5. The molecule has 0 aliphatic heterocycles. The number of halogens is 2. The summed E-state index contributed by atoms with van der Waals surface area (Å²) < 4.78 is 24.7. The fraction of sp³-hybridized carbons (Fsp3) is 0.326. The van der Waals surface area contributed by atoms with Crippen LogP contribution < -0.4 is 34.9 Å². The van der Waals surface area contributed by atoms with Gasteiger partial charge in [0.15, 0.2) is 0 Å². The molecule has 0 spiro atoms. The van der Waals surface area contributed by atoms with Crippen molar-refractivity contribution in [1.82, 2.24) is 15.6 Å². The zero-order valence-electron chi connectivity index (χ0n) is 34.3. The topological polar surface area (TPSA) is 161 Å². The fourth-order valence-electron chi connectivity index (χ4n) is 6.58. The summed E-state index contributed by atoms with van der Waals surface area (Å²) in [5, 5.41) is 28.5. The van der Waals surface area contributed by atoms with E-state index in [1.807, 2.05) is 62.5 Å². The summed E-state index contributed by atoms with van der Waals surface area (Å²) in [6.07, 6.45) is 4.70. The number of carboxylic acids is 2. The van der Waals surface area contributed by atoms with Crippen LogP contribution in [0.5, 0.6) is 23.0 Å². The van der Waals surface area contributed by atoms with Crippen LogP contribution in [-0.2, 0) is 42.5 Å². The van der Waals surface area contributed by atoms with Gasteiger partial charge in [-0.3, -0.25) is 14.6 Å².